The highest BCUT2D eigenvalue weighted by atomic mass is 32.2. The van der Waals surface area contributed by atoms with Crippen LogP contribution in [0.4, 0.5) is 0 Å². The topological polar surface area (TPSA) is 137 Å². The molecule has 0 aliphatic heterocycles. The van der Waals surface area contributed by atoms with Gasteiger partial charge in [-0.3, -0.25) is 10.1 Å². The fraction of sp³-hybridized carbons (Fsp3) is 0.323. The number of hydrogen-bond donors (Lipinski definition) is 2. The SMILES string of the molecule is COc1cc2c(nc1OC)c(-c1cc3c(C(NCC(=O)OC(C)(C)C)S(=O)(=O)c4ccc(C)cc4)ccnc3[nH]1)cn2C. The number of methoxy groups -OCH3 is 2. The molecule has 4 aromatic heterocycles. The molecule has 0 amide bonds. The lowest BCUT2D eigenvalue weighted by atomic mass is 10.1. The van der Waals surface area contributed by atoms with E-state index in [1.165, 1.54) is 7.11 Å². The van der Waals surface area contributed by atoms with Crippen LogP contribution < -0.4 is 14.8 Å². The third-order valence-corrected chi connectivity index (χ3v) is 8.93. The molecule has 11 nitrogen and oxygen atoms in total. The van der Waals surface area contributed by atoms with E-state index in [9.17, 15) is 13.2 Å². The summed E-state index contributed by atoms with van der Waals surface area (Å²) in [6.45, 7) is 6.84. The van der Waals surface area contributed by atoms with Crippen LogP contribution in [0.2, 0.25) is 0 Å². The number of nitrogens with one attached hydrogen (secondary N) is 2. The Kier molecular flexibility index (Phi) is 7.93. The number of rotatable bonds is 9. The van der Waals surface area contributed by atoms with Crippen molar-refractivity contribution in [2.45, 2.75) is 43.6 Å². The normalized spacial score (nSPS) is 12.9. The van der Waals surface area contributed by atoms with Crippen molar-refractivity contribution in [1.82, 2.24) is 24.8 Å². The quantitative estimate of drug-likeness (QED) is 0.226. The maximum Gasteiger partial charge on any atom is 0.320 e. The number of hydrogen-bond acceptors (Lipinski definition) is 9. The lowest BCUT2D eigenvalue weighted by Crippen LogP contribution is -2.36. The first-order valence-electron chi connectivity index (χ1n) is 13.6. The van der Waals surface area contributed by atoms with Gasteiger partial charge in [0.2, 0.25) is 0 Å². The molecule has 43 heavy (non-hydrogen) atoms. The zero-order chi connectivity index (χ0) is 31.1. The average Bonchev–Trinajstić information content (AvgIpc) is 3.52. The van der Waals surface area contributed by atoms with Crippen LogP contribution in [0.5, 0.6) is 11.6 Å². The van der Waals surface area contributed by atoms with Crippen LogP contribution >= 0.6 is 0 Å². The molecule has 4 heterocycles. The summed E-state index contributed by atoms with van der Waals surface area (Å²) in [4.78, 5) is 25.3. The van der Waals surface area contributed by atoms with Gasteiger partial charge in [-0.15, -0.1) is 0 Å². The molecule has 1 aromatic carbocycles. The lowest BCUT2D eigenvalue weighted by Gasteiger charge is -2.23. The largest absolute Gasteiger partial charge is 0.491 e. The van der Waals surface area contributed by atoms with Crippen LogP contribution in [-0.2, 0) is 26.4 Å². The number of pyridine rings is 2. The molecule has 12 heteroatoms. The standard InChI is InChI=1S/C31H35N5O6S/c1-18-8-10-19(11-9-18)43(38,39)30(33-16-26(37)42-31(2,3)4)20-12-13-32-28-21(20)14-23(34-28)22-17-36(5)24-15-25(40-6)29(41-7)35-27(22)24/h8-15,17,30,33H,16H2,1-7H3,(H,32,34). The highest BCUT2D eigenvalue weighted by molar-refractivity contribution is 7.91. The van der Waals surface area contributed by atoms with Crippen LogP contribution in [0.3, 0.4) is 0 Å². The van der Waals surface area contributed by atoms with Crippen LogP contribution in [0.1, 0.15) is 37.3 Å². The van der Waals surface area contributed by atoms with Gasteiger partial charge in [0.15, 0.2) is 15.6 Å². The van der Waals surface area contributed by atoms with Gasteiger partial charge in [0.25, 0.3) is 5.88 Å². The van der Waals surface area contributed by atoms with Crippen LogP contribution in [-0.4, -0.2) is 60.3 Å². The summed E-state index contributed by atoms with van der Waals surface area (Å²) in [5.74, 6) is 0.277. The predicted octanol–water partition coefficient (Wildman–Crippen LogP) is 4.85. The summed E-state index contributed by atoms with van der Waals surface area (Å²) in [5, 5.41) is 2.27. The van der Waals surface area contributed by atoms with Crippen molar-refractivity contribution < 1.29 is 27.4 Å². The first-order chi connectivity index (χ1) is 20.3. The number of H-pyrrole nitrogens is 1. The first-order valence-corrected chi connectivity index (χ1v) is 15.2. The number of sulfone groups is 1. The van der Waals surface area contributed by atoms with Crippen molar-refractivity contribution >= 4 is 37.9 Å². The molecule has 5 aromatic rings. The lowest BCUT2D eigenvalue weighted by molar-refractivity contribution is -0.153. The Labute approximate surface area is 250 Å². The average molecular weight is 606 g/mol. The molecule has 0 aliphatic rings. The number of fused-ring (bicyclic) bond motifs is 2. The number of ether oxygens (including phenoxy) is 3. The van der Waals surface area contributed by atoms with Crippen molar-refractivity contribution in [1.29, 1.82) is 0 Å². The number of carbonyl (C=O) groups is 1. The van der Waals surface area contributed by atoms with Crippen LogP contribution in [0.15, 0.2) is 59.8 Å². The minimum Gasteiger partial charge on any atom is -0.491 e. The number of nitrogens with zero attached hydrogens (tertiary/aromatic N) is 3. The minimum absolute atomic E-state index is 0.125. The van der Waals surface area contributed by atoms with Crippen LogP contribution in [0, 0.1) is 6.92 Å². The third kappa shape index (κ3) is 5.93. The highest BCUT2D eigenvalue weighted by Gasteiger charge is 2.32. The predicted molar refractivity (Wildman–Crippen MR) is 164 cm³/mol. The third-order valence-electron chi connectivity index (χ3n) is 6.96. The first kappa shape index (κ1) is 30.1. The van der Waals surface area contributed by atoms with Crippen molar-refractivity contribution in [2.75, 3.05) is 20.8 Å². The van der Waals surface area contributed by atoms with Gasteiger partial charge in [0.1, 0.15) is 22.1 Å². The Bertz CT molecular complexity index is 1920. The van der Waals surface area contributed by atoms with Gasteiger partial charge >= 0.3 is 5.97 Å². The zero-order valence-corrected chi connectivity index (χ0v) is 26.0. The molecule has 0 saturated heterocycles. The van der Waals surface area contributed by atoms with E-state index in [0.717, 1.165) is 16.6 Å². The van der Waals surface area contributed by atoms with E-state index in [1.54, 1.807) is 64.4 Å². The number of aromatic amines is 1. The molecular formula is C31H35N5O6S. The number of esters is 1. The Hall–Kier alpha value is -4.42. The Morgan fingerprint density at radius 3 is 2.47 bits per heavy atom. The van der Waals surface area contributed by atoms with E-state index in [4.69, 9.17) is 14.2 Å². The van der Waals surface area contributed by atoms with E-state index in [-0.39, 0.29) is 11.4 Å². The molecule has 1 atom stereocenters. The maximum absolute atomic E-state index is 14.1. The fourth-order valence-electron chi connectivity index (χ4n) is 4.97. The Balaban J connectivity index is 1.64. The number of aromatic nitrogens is 4. The summed E-state index contributed by atoms with van der Waals surface area (Å²) in [5.41, 5.74) is 4.05. The molecule has 1 unspecified atom stereocenters. The van der Waals surface area contributed by atoms with Gasteiger partial charge in [0, 0.05) is 36.5 Å². The molecule has 0 bridgehead atoms. The monoisotopic (exact) mass is 605 g/mol. The number of carbonyl (C=O) groups excluding carboxylic acids is 1. The second kappa shape index (κ2) is 11.3. The second-order valence-corrected chi connectivity index (χ2v) is 13.3. The van der Waals surface area contributed by atoms with E-state index >= 15 is 0 Å². The Morgan fingerprint density at radius 2 is 1.81 bits per heavy atom. The van der Waals surface area contributed by atoms with E-state index in [0.29, 0.717) is 39.4 Å². The number of benzene rings is 1. The van der Waals surface area contributed by atoms with Gasteiger partial charge in [-0.1, -0.05) is 17.7 Å². The molecular weight excluding hydrogens is 570 g/mol. The van der Waals surface area contributed by atoms with Gasteiger partial charge in [-0.25, -0.2) is 18.4 Å². The Morgan fingerprint density at radius 1 is 1.09 bits per heavy atom. The van der Waals surface area contributed by atoms with Gasteiger partial charge < -0.3 is 23.8 Å². The van der Waals surface area contributed by atoms with Crippen molar-refractivity contribution in [3.63, 3.8) is 0 Å². The molecule has 0 aliphatic carbocycles. The highest BCUT2D eigenvalue weighted by Crippen LogP contribution is 2.38. The summed E-state index contributed by atoms with van der Waals surface area (Å²) >= 11 is 0. The maximum atomic E-state index is 14.1. The minimum atomic E-state index is -4.01. The van der Waals surface area contributed by atoms with Crippen molar-refractivity contribution in [3.8, 4) is 22.9 Å². The van der Waals surface area contributed by atoms with Crippen molar-refractivity contribution in [2.24, 2.45) is 7.05 Å². The van der Waals surface area contributed by atoms with Gasteiger partial charge in [-0.2, -0.15) is 0 Å². The van der Waals surface area contributed by atoms with Crippen LogP contribution in [0.25, 0.3) is 33.3 Å². The molecule has 0 spiro atoms. The molecule has 0 fully saturated rings. The van der Waals surface area contributed by atoms with Gasteiger partial charge in [0.05, 0.1) is 36.9 Å². The molecule has 226 valence electrons. The molecule has 0 radical (unpaired) electrons. The molecule has 0 saturated carbocycles. The van der Waals surface area contributed by atoms with E-state index in [2.05, 4.69) is 20.3 Å². The molecule has 2 N–H and O–H groups in total. The summed E-state index contributed by atoms with van der Waals surface area (Å²) in [6, 6.07) is 12.0. The smallest absolute Gasteiger partial charge is 0.320 e. The van der Waals surface area contributed by atoms with E-state index < -0.39 is 26.8 Å². The summed E-state index contributed by atoms with van der Waals surface area (Å²) in [6.07, 6.45) is 3.46. The second-order valence-electron chi connectivity index (χ2n) is 11.3. The molecule has 5 rings (SSSR count). The van der Waals surface area contributed by atoms with Gasteiger partial charge in [-0.05, 0) is 57.5 Å². The fourth-order valence-corrected chi connectivity index (χ4v) is 6.60. The summed E-state index contributed by atoms with van der Waals surface area (Å²) < 4.78 is 46.4. The number of aryl methyl sites for hydroxylation is 2. The van der Waals surface area contributed by atoms with Crippen molar-refractivity contribution in [3.05, 3.63) is 66.0 Å². The van der Waals surface area contributed by atoms with E-state index in [1.807, 2.05) is 36.9 Å². The zero-order valence-electron chi connectivity index (χ0n) is 25.2. The summed E-state index contributed by atoms with van der Waals surface area (Å²) in [7, 11) is 0.966.